The number of fused-ring (bicyclic) bond motifs is 1. The van der Waals surface area contributed by atoms with Crippen molar-refractivity contribution in [1.82, 2.24) is 18.7 Å². The van der Waals surface area contributed by atoms with E-state index in [2.05, 4.69) is 4.98 Å². The lowest BCUT2D eigenvalue weighted by atomic mass is 10.3. The Morgan fingerprint density at radius 3 is 2.59 bits per heavy atom. The molecule has 0 atom stereocenters. The molecule has 0 bridgehead atoms. The summed E-state index contributed by atoms with van der Waals surface area (Å²) in [4.78, 5) is 29.3. The van der Waals surface area contributed by atoms with Gasteiger partial charge in [0.2, 0.25) is 0 Å². The normalized spacial score (nSPS) is 11.5. The summed E-state index contributed by atoms with van der Waals surface area (Å²) in [6, 6.07) is 0. The quantitative estimate of drug-likeness (QED) is 0.740. The van der Waals surface area contributed by atoms with Crippen molar-refractivity contribution in [2.45, 2.75) is 32.9 Å². The number of hydrogen-bond donors (Lipinski definition) is 1. The van der Waals surface area contributed by atoms with E-state index in [1.165, 1.54) is 11.6 Å². The van der Waals surface area contributed by atoms with Gasteiger partial charge in [-0.15, -0.1) is 0 Å². The summed E-state index contributed by atoms with van der Waals surface area (Å²) in [7, 11) is 3.06. The maximum atomic E-state index is 12.5. The average Bonchev–Trinajstić information content (AvgIpc) is 2.89. The third-order valence-electron chi connectivity index (χ3n) is 3.75. The molecule has 2 aromatic heterocycles. The van der Waals surface area contributed by atoms with Gasteiger partial charge in [-0.1, -0.05) is 0 Å². The molecule has 2 aromatic rings. The van der Waals surface area contributed by atoms with Crippen molar-refractivity contribution >= 4 is 11.2 Å². The average molecular weight is 309 g/mol. The second-order valence-corrected chi connectivity index (χ2v) is 5.13. The first-order chi connectivity index (χ1) is 10.6. The van der Waals surface area contributed by atoms with Crippen LogP contribution in [0.5, 0.6) is 0 Å². The topological polar surface area (TPSA) is 97.1 Å². The first-order valence-corrected chi connectivity index (χ1v) is 7.44. The number of aryl methyl sites for hydroxylation is 2. The third kappa shape index (κ3) is 2.71. The molecule has 8 nitrogen and oxygen atoms in total. The van der Waals surface area contributed by atoms with E-state index in [0.29, 0.717) is 43.8 Å². The van der Waals surface area contributed by atoms with Gasteiger partial charge in [-0.2, -0.15) is 0 Å². The molecule has 0 aromatic carbocycles. The molecule has 22 heavy (non-hydrogen) atoms. The summed E-state index contributed by atoms with van der Waals surface area (Å²) in [5.74, 6) is 0.789. The molecule has 2 N–H and O–H groups in total. The van der Waals surface area contributed by atoms with E-state index < -0.39 is 0 Å². The van der Waals surface area contributed by atoms with E-state index >= 15 is 0 Å². The molecule has 2 rings (SSSR count). The molecule has 0 fully saturated rings. The van der Waals surface area contributed by atoms with Crippen molar-refractivity contribution < 1.29 is 4.74 Å². The molecule has 0 aliphatic carbocycles. The van der Waals surface area contributed by atoms with Gasteiger partial charge in [-0.3, -0.25) is 13.9 Å². The van der Waals surface area contributed by atoms with Gasteiger partial charge in [-0.25, -0.2) is 9.78 Å². The minimum atomic E-state index is -0.374. The van der Waals surface area contributed by atoms with Crippen molar-refractivity contribution in [3.8, 4) is 0 Å². The fourth-order valence-electron chi connectivity index (χ4n) is 2.58. The summed E-state index contributed by atoms with van der Waals surface area (Å²) in [5.41, 5.74) is 5.76. The number of nitrogens with zero attached hydrogens (tertiary/aromatic N) is 4. The molecule has 8 heteroatoms. The number of nitrogens with two attached hydrogens (primary N) is 1. The zero-order chi connectivity index (χ0) is 16.3. The van der Waals surface area contributed by atoms with Gasteiger partial charge in [0.25, 0.3) is 5.56 Å². The SMILES string of the molecule is CCn1c(CCCN)nc2c1c(=O)n(C)c(=O)n2CCOC. The molecule has 0 unspecified atom stereocenters. The molecule has 0 aliphatic heterocycles. The van der Waals surface area contributed by atoms with E-state index in [9.17, 15) is 9.59 Å². The lowest BCUT2D eigenvalue weighted by Crippen LogP contribution is -2.39. The molecular formula is C14H23N5O3. The van der Waals surface area contributed by atoms with Crippen LogP contribution >= 0.6 is 0 Å². The second kappa shape index (κ2) is 6.89. The monoisotopic (exact) mass is 309 g/mol. The molecule has 0 saturated heterocycles. The number of rotatable bonds is 7. The van der Waals surface area contributed by atoms with E-state index in [-0.39, 0.29) is 11.2 Å². The van der Waals surface area contributed by atoms with Crippen LogP contribution in [-0.4, -0.2) is 38.9 Å². The van der Waals surface area contributed by atoms with Crippen molar-refractivity contribution in [2.75, 3.05) is 20.3 Å². The molecule has 0 radical (unpaired) electrons. The van der Waals surface area contributed by atoms with Gasteiger partial charge >= 0.3 is 5.69 Å². The smallest absolute Gasteiger partial charge is 0.332 e. The fraction of sp³-hybridized carbons (Fsp3) is 0.643. The second-order valence-electron chi connectivity index (χ2n) is 5.13. The number of aromatic nitrogens is 4. The van der Waals surface area contributed by atoms with Crippen LogP contribution in [0.2, 0.25) is 0 Å². The summed E-state index contributed by atoms with van der Waals surface area (Å²) in [5, 5.41) is 0. The Bertz CT molecular complexity index is 771. The van der Waals surface area contributed by atoms with Gasteiger partial charge in [0, 0.05) is 27.1 Å². The molecular weight excluding hydrogens is 286 g/mol. The highest BCUT2D eigenvalue weighted by Crippen LogP contribution is 2.13. The largest absolute Gasteiger partial charge is 0.383 e. The molecule has 0 saturated carbocycles. The van der Waals surface area contributed by atoms with Gasteiger partial charge in [-0.05, 0) is 19.9 Å². The molecule has 2 heterocycles. The van der Waals surface area contributed by atoms with Gasteiger partial charge in [0.05, 0.1) is 13.2 Å². The van der Waals surface area contributed by atoms with Crippen LogP contribution in [0.1, 0.15) is 19.2 Å². The molecule has 122 valence electrons. The summed E-state index contributed by atoms with van der Waals surface area (Å²) < 4.78 is 9.54. The summed E-state index contributed by atoms with van der Waals surface area (Å²) in [6.45, 7) is 3.87. The molecule has 0 spiro atoms. The third-order valence-corrected chi connectivity index (χ3v) is 3.75. The van der Waals surface area contributed by atoms with E-state index in [0.717, 1.165) is 16.8 Å². The maximum Gasteiger partial charge on any atom is 0.332 e. The van der Waals surface area contributed by atoms with Crippen molar-refractivity contribution in [2.24, 2.45) is 12.8 Å². The maximum absolute atomic E-state index is 12.5. The lowest BCUT2D eigenvalue weighted by molar-refractivity contribution is 0.186. The zero-order valence-electron chi connectivity index (χ0n) is 13.3. The van der Waals surface area contributed by atoms with Crippen molar-refractivity contribution in [3.63, 3.8) is 0 Å². The van der Waals surface area contributed by atoms with E-state index in [1.54, 1.807) is 7.11 Å². The Hall–Kier alpha value is -1.93. The minimum Gasteiger partial charge on any atom is -0.383 e. The highest BCUT2D eigenvalue weighted by atomic mass is 16.5. The predicted octanol–water partition coefficient (Wildman–Crippen LogP) is -0.546. The van der Waals surface area contributed by atoms with E-state index in [1.807, 2.05) is 11.5 Å². The van der Waals surface area contributed by atoms with Crippen LogP contribution in [0.3, 0.4) is 0 Å². The summed E-state index contributed by atoms with van der Waals surface area (Å²) in [6.07, 6.45) is 1.46. The number of methoxy groups -OCH3 is 1. The van der Waals surface area contributed by atoms with Gasteiger partial charge in [0.15, 0.2) is 11.2 Å². The summed E-state index contributed by atoms with van der Waals surface area (Å²) >= 11 is 0. The lowest BCUT2D eigenvalue weighted by Gasteiger charge is -2.09. The Morgan fingerprint density at radius 2 is 2.00 bits per heavy atom. The Morgan fingerprint density at radius 1 is 1.27 bits per heavy atom. The van der Waals surface area contributed by atoms with Crippen LogP contribution in [-0.2, 0) is 31.3 Å². The van der Waals surface area contributed by atoms with E-state index in [4.69, 9.17) is 10.5 Å². The highest BCUT2D eigenvalue weighted by Gasteiger charge is 2.19. The fourth-order valence-corrected chi connectivity index (χ4v) is 2.58. The molecule has 0 amide bonds. The van der Waals surface area contributed by atoms with Gasteiger partial charge < -0.3 is 15.0 Å². The standard InChI is InChI=1S/C14H23N5O3/c1-4-18-10(6-5-7-15)16-12-11(18)13(20)17(2)14(21)19(12)8-9-22-3/h4-9,15H2,1-3H3. The van der Waals surface area contributed by atoms with Crippen LogP contribution in [0.25, 0.3) is 11.2 Å². The highest BCUT2D eigenvalue weighted by molar-refractivity contribution is 5.71. The Kier molecular flexibility index (Phi) is 5.15. The number of hydrogen-bond acceptors (Lipinski definition) is 5. The number of imidazole rings is 1. The minimum absolute atomic E-state index is 0.318. The van der Waals surface area contributed by atoms with Crippen molar-refractivity contribution in [3.05, 3.63) is 26.7 Å². The molecule has 0 aliphatic rings. The predicted molar refractivity (Wildman–Crippen MR) is 84.2 cm³/mol. The zero-order valence-corrected chi connectivity index (χ0v) is 13.3. The first kappa shape index (κ1) is 16.4. The first-order valence-electron chi connectivity index (χ1n) is 7.44. The van der Waals surface area contributed by atoms with Gasteiger partial charge in [0.1, 0.15) is 5.82 Å². The van der Waals surface area contributed by atoms with Crippen LogP contribution in [0, 0.1) is 0 Å². The van der Waals surface area contributed by atoms with Crippen LogP contribution in [0.4, 0.5) is 0 Å². The van der Waals surface area contributed by atoms with Crippen LogP contribution < -0.4 is 17.0 Å². The van der Waals surface area contributed by atoms with Crippen LogP contribution in [0.15, 0.2) is 9.59 Å². The number of ether oxygens (including phenoxy) is 1. The van der Waals surface area contributed by atoms with Crippen molar-refractivity contribution in [1.29, 1.82) is 0 Å². The Balaban J connectivity index is 2.76. The Labute approximate surface area is 128 Å².